The number of hydrogen-bond donors (Lipinski definition) is 2. The Bertz CT molecular complexity index is 565. The lowest BCUT2D eigenvalue weighted by atomic mass is 10.3. The first kappa shape index (κ1) is 16.6. The van der Waals surface area contributed by atoms with E-state index in [1.807, 2.05) is 0 Å². The Hall–Kier alpha value is -1.42. The molecule has 1 amide bonds. The van der Waals surface area contributed by atoms with E-state index in [2.05, 4.69) is 5.32 Å². The summed E-state index contributed by atoms with van der Waals surface area (Å²) in [5.74, 6) is -0.613. The number of rotatable bonds is 7. The molecule has 0 aliphatic rings. The molecule has 1 rings (SSSR count). The van der Waals surface area contributed by atoms with Crippen molar-refractivity contribution in [2.24, 2.45) is 5.14 Å². The summed E-state index contributed by atoms with van der Waals surface area (Å²) in [4.78, 5) is 11.6. The molecular weight excluding hydrogens is 288 g/mol. The summed E-state index contributed by atoms with van der Waals surface area (Å²) in [6.07, 6.45) is -0.308. The molecule has 1 atom stereocenters. The van der Waals surface area contributed by atoms with E-state index in [0.717, 1.165) is 6.07 Å². The van der Waals surface area contributed by atoms with Gasteiger partial charge in [0.2, 0.25) is 10.0 Å². The minimum Gasteiger partial charge on any atom is -0.455 e. The molecule has 0 bridgehead atoms. The zero-order valence-corrected chi connectivity index (χ0v) is 12.3. The smallest absolute Gasteiger partial charge is 0.287 e. The zero-order chi connectivity index (χ0) is 15.3. The maximum Gasteiger partial charge on any atom is 0.287 e. The Kier molecular flexibility index (Phi) is 5.69. The van der Waals surface area contributed by atoms with Crippen LogP contribution in [0.15, 0.2) is 15.4 Å². The van der Waals surface area contributed by atoms with Gasteiger partial charge in [0.05, 0.1) is 12.7 Å². The van der Waals surface area contributed by atoms with Crippen molar-refractivity contribution in [3.8, 4) is 0 Å². The molecule has 0 radical (unpaired) electrons. The first-order chi connectivity index (χ1) is 9.29. The number of amides is 1. The van der Waals surface area contributed by atoms with Gasteiger partial charge in [0.15, 0.2) is 5.76 Å². The molecule has 1 aromatic rings. The van der Waals surface area contributed by atoms with Crippen molar-refractivity contribution in [1.29, 1.82) is 0 Å². The number of furan rings is 1. The maximum atomic E-state index is 11.8. The molecule has 0 saturated heterocycles. The van der Waals surface area contributed by atoms with Crippen molar-refractivity contribution in [2.45, 2.75) is 17.9 Å². The Morgan fingerprint density at radius 2 is 2.15 bits per heavy atom. The lowest BCUT2D eigenvalue weighted by molar-refractivity contribution is 0.0283. The van der Waals surface area contributed by atoms with Gasteiger partial charge in [-0.3, -0.25) is 4.79 Å². The first-order valence-electron chi connectivity index (χ1n) is 5.72. The fraction of sp³-hybridized carbons (Fsp3) is 0.545. The number of methoxy groups -OCH3 is 2. The van der Waals surface area contributed by atoms with Crippen LogP contribution in [0.5, 0.6) is 0 Å². The minimum absolute atomic E-state index is 0.0674. The Balaban J connectivity index is 2.74. The van der Waals surface area contributed by atoms with E-state index in [4.69, 9.17) is 19.0 Å². The maximum absolute atomic E-state index is 11.8. The molecule has 0 aromatic carbocycles. The fourth-order valence-electron chi connectivity index (χ4n) is 1.55. The Morgan fingerprint density at radius 3 is 2.60 bits per heavy atom. The lowest BCUT2D eigenvalue weighted by Gasteiger charge is -2.14. The van der Waals surface area contributed by atoms with Crippen LogP contribution < -0.4 is 10.5 Å². The SMILES string of the molecule is COCC(CNC(=O)c1cc(S(N)(=O)=O)c(C)o1)OC. The monoisotopic (exact) mass is 306 g/mol. The fourth-order valence-corrected chi connectivity index (χ4v) is 2.26. The van der Waals surface area contributed by atoms with E-state index in [-0.39, 0.29) is 29.1 Å². The highest BCUT2D eigenvalue weighted by molar-refractivity contribution is 7.89. The molecule has 0 aliphatic heterocycles. The second-order valence-electron chi connectivity index (χ2n) is 4.10. The summed E-state index contributed by atoms with van der Waals surface area (Å²) in [7, 11) is -0.901. The summed E-state index contributed by atoms with van der Waals surface area (Å²) in [5.41, 5.74) is 0. The number of carbonyl (C=O) groups excluding carboxylic acids is 1. The summed E-state index contributed by atoms with van der Waals surface area (Å²) >= 11 is 0. The van der Waals surface area contributed by atoms with Crippen LogP contribution in [0.2, 0.25) is 0 Å². The van der Waals surface area contributed by atoms with Crippen LogP contribution in [-0.2, 0) is 19.5 Å². The van der Waals surface area contributed by atoms with Crippen molar-refractivity contribution < 1.29 is 27.1 Å². The van der Waals surface area contributed by atoms with Gasteiger partial charge < -0.3 is 19.2 Å². The predicted octanol–water partition coefficient (Wildman–Crippen LogP) is -0.373. The number of sulfonamides is 1. The Labute approximate surface area is 117 Å². The van der Waals surface area contributed by atoms with Gasteiger partial charge in [0.25, 0.3) is 5.91 Å². The average Bonchev–Trinajstić information content (AvgIpc) is 2.76. The van der Waals surface area contributed by atoms with Gasteiger partial charge in [0, 0.05) is 26.8 Å². The van der Waals surface area contributed by atoms with E-state index < -0.39 is 15.9 Å². The molecule has 114 valence electrons. The van der Waals surface area contributed by atoms with Crippen molar-refractivity contribution in [1.82, 2.24) is 5.32 Å². The number of carbonyl (C=O) groups is 1. The van der Waals surface area contributed by atoms with Crippen molar-refractivity contribution in [2.75, 3.05) is 27.4 Å². The number of nitrogens with two attached hydrogens (primary N) is 1. The molecule has 1 heterocycles. The van der Waals surface area contributed by atoms with Crippen LogP contribution in [0.3, 0.4) is 0 Å². The lowest BCUT2D eigenvalue weighted by Crippen LogP contribution is -2.35. The number of primary sulfonamides is 1. The first-order valence-corrected chi connectivity index (χ1v) is 7.27. The summed E-state index contributed by atoms with van der Waals surface area (Å²) in [6.45, 7) is 1.93. The second kappa shape index (κ2) is 6.84. The van der Waals surface area contributed by atoms with Crippen LogP contribution in [0.4, 0.5) is 0 Å². The quantitative estimate of drug-likeness (QED) is 0.708. The van der Waals surface area contributed by atoms with Crippen LogP contribution >= 0.6 is 0 Å². The summed E-state index contributed by atoms with van der Waals surface area (Å²) < 4.78 is 37.5. The average molecular weight is 306 g/mol. The van der Waals surface area contributed by atoms with Gasteiger partial charge in [-0.2, -0.15) is 0 Å². The molecule has 0 aliphatic carbocycles. The van der Waals surface area contributed by atoms with Gasteiger partial charge in [-0.1, -0.05) is 0 Å². The van der Waals surface area contributed by atoms with Crippen molar-refractivity contribution in [3.63, 3.8) is 0 Å². The van der Waals surface area contributed by atoms with Crippen LogP contribution in [0, 0.1) is 6.92 Å². The third kappa shape index (κ3) is 4.30. The van der Waals surface area contributed by atoms with Crippen molar-refractivity contribution >= 4 is 15.9 Å². The third-order valence-electron chi connectivity index (χ3n) is 2.58. The van der Waals surface area contributed by atoms with E-state index in [1.165, 1.54) is 21.1 Å². The van der Waals surface area contributed by atoms with Crippen molar-refractivity contribution in [3.05, 3.63) is 17.6 Å². The molecule has 8 nitrogen and oxygen atoms in total. The standard InChI is InChI=1S/C11H18N2O6S/c1-7-10(20(12,15)16)4-9(19-7)11(14)13-5-8(18-3)6-17-2/h4,8H,5-6H2,1-3H3,(H,13,14)(H2,12,15,16). The summed E-state index contributed by atoms with van der Waals surface area (Å²) in [6, 6.07) is 1.10. The molecule has 0 fully saturated rings. The minimum atomic E-state index is -3.91. The number of aryl methyl sites for hydroxylation is 1. The largest absolute Gasteiger partial charge is 0.455 e. The van der Waals surface area contributed by atoms with E-state index >= 15 is 0 Å². The van der Waals surface area contributed by atoms with Gasteiger partial charge >= 0.3 is 0 Å². The number of hydrogen-bond acceptors (Lipinski definition) is 6. The number of ether oxygens (including phenoxy) is 2. The molecule has 3 N–H and O–H groups in total. The number of nitrogens with one attached hydrogen (secondary N) is 1. The van der Waals surface area contributed by atoms with Crippen LogP contribution in [-0.4, -0.2) is 47.8 Å². The molecule has 0 saturated carbocycles. The Morgan fingerprint density at radius 1 is 1.50 bits per heavy atom. The van der Waals surface area contributed by atoms with Gasteiger partial charge in [-0.25, -0.2) is 13.6 Å². The zero-order valence-electron chi connectivity index (χ0n) is 11.5. The van der Waals surface area contributed by atoms with E-state index in [9.17, 15) is 13.2 Å². The molecule has 0 spiro atoms. The predicted molar refractivity (Wildman–Crippen MR) is 69.8 cm³/mol. The van der Waals surface area contributed by atoms with Gasteiger partial charge in [-0.15, -0.1) is 0 Å². The van der Waals surface area contributed by atoms with Gasteiger partial charge in [-0.05, 0) is 6.92 Å². The highest BCUT2D eigenvalue weighted by Gasteiger charge is 2.21. The molecule has 9 heteroatoms. The highest BCUT2D eigenvalue weighted by atomic mass is 32.2. The normalized spacial score (nSPS) is 13.2. The third-order valence-corrected chi connectivity index (χ3v) is 3.60. The highest BCUT2D eigenvalue weighted by Crippen LogP contribution is 2.18. The van der Waals surface area contributed by atoms with E-state index in [1.54, 1.807) is 0 Å². The molecule has 1 unspecified atom stereocenters. The van der Waals surface area contributed by atoms with Crippen LogP contribution in [0.1, 0.15) is 16.3 Å². The van der Waals surface area contributed by atoms with Gasteiger partial charge in [0.1, 0.15) is 10.7 Å². The molecule has 20 heavy (non-hydrogen) atoms. The molecule has 1 aromatic heterocycles. The summed E-state index contributed by atoms with van der Waals surface area (Å²) in [5, 5.41) is 7.55. The second-order valence-corrected chi connectivity index (χ2v) is 5.63. The molecular formula is C11H18N2O6S. The van der Waals surface area contributed by atoms with Crippen LogP contribution in [0.25, 0.3) is 0 Å². The van der Waals surface area contributed by atoms with E-state index in [0.29, 0.717) is 6.61 Å². The topological polar surface area (TPSA) is 121 Å².